The van der Waals surface area contributed by atoms with Crippen molar-refractivity contribution in [3.8, 4) is 0 Å². The Balaban J connectivity index is 4.22. The van der Waals surface area contributed by atoms with Crippen LogP contribution in [0.15, 0.2) is 24.8 Å². The molecule has 5 nitrogen and oxygen atoms in total. The summed E-state index contributed by atoms with van der Waals surface area (Å²) in [5.74, 6) is -0.844. The van der Waals surface area contributed by atoms with Gasteiger partial charge in [0, 0.05) is 13.0 Å². The van der Waals surface area contributed by atoms with E-state index >= 15 is 0 Å². The number of carbonyl (C=O) groups excluding carboxylic acids is 2. The van der Waals surface area contributed by atoms with Crippen molar-refractivity contribution in [1.29, 1.82) is 0 Å². The molecule has 0 radical (unpaired) electrons. The molecule has 0 aromatic carbocycles. The maximum atomic E-state index is 11.5. The summed E-state index contributed by atoms with van der Waals surface area (Å²) in [4.78, 5) is 22.8. The van der Waals surface area contributed by atoms with Crippen LogP contribution in [0.5, 0.6) is 0 Å². The lowest BCUT2D eigenvalue weighted by Crippen LogP contribution is -2.42. The number of carbonyl (C=O) groups is 2. The Morgan fingerprint density at radius 2 is 2.00 bits per heavy atom. The van der Waals surface area contributed by atoms with Crippen LogP contribution in [0.2, 0.25) is 0 Å². The second kappa shape index (κ2) is 7.74. The Morgan fingerprint density at radius 1 is 1.42 bits per heavy atom. The molecule has 1 amide bonds. The van der Waals surface area contributed by atoms with Gasteiger partial charge in [-0.25, -0.2) is 0 Å². The first kappa shape index (κ1) is 17.4. The zero-order valence-corrected chi connectivity index (χ0v) is 12.0. The van der Waals surface area contributed by atoms with Crippen LogP contribution in [-0.2, 0) is 14.3 Å². The quantitative estimate of drug-likeness (QED) is 0.513. The minimum atomic E-state index is -0.579. The molecule has 19 heavy (non-hydrogen) atoms. The molecule has 0 saturated heterocycles. The highest BCUT2D eigenvalue weighted by molar-refractivity contribution is 5.80. The molecule has 0 fully saturated rings. The highest BCUT2D eigenvalue weighted by Crippen LogP contribution is 2.10. The number of nitrogens with one attached hydrogen (secondary N) is 1. The van der Waals surface area contributed by atoms with Gasteiger partial charge in [0.25, 0.3) is 0 Å². The van der Waals surface area contributed by atoms with Crippen molar-refractivity contribution in [2.75, 3.05) is 6.54 Å². The molecule has 0 spiro atoms. The van der Waals surface area contributed by atoms with Crippen LogP contribution < -0.4 is 11.1 Å². The first-order chi connectivity index (χ1) is 8.65. The van der Waals surface area contributed by atoms with Crippen molar-refractivity contribution in [2.24, 2.45) is 5.73 Å². The highest BCUT2D eigenvalue weighted by Gasteiger charge is 2.20. The Labute approximate surface area is 114 Å². The predicted octanol–water partition coefficient (Wildman–Crippen LogP) is 1.29. The van der Waals surface area contributed by atoms with Gasteiger partial charge >= 0.3 is 5.97 Å². The lowest BCUT2D eigenvalue weighted by Gasteiger charge is -2.20. The van der Waals surface area contributed by atoms with Crippen molar-refractivity contribution in [3.63, 3.8) is 0 Å². The summed E-state index contributed by atoms with van der Waals surface area (Å²) in [5, 5.41) is 2.93. The van der Waals surface area contributed by atoms with Crippen LogP contribution in [0, 0.1) is 0 Å². The number of rotatable bonds is 8. The van der Waals surface area contributed by atoms with E-state index in [4.69, 9.17) is 10.5 Å². The van der Waals surface area contributed by atoms with Gasteiger partial charge in [0.1, 0.15) is 5.60 Å². The maximum absolute atomic E-state index is 11.5. The maximum Gasteiger partial charge on any atom is 0.306 e. The smallest absolute Gasteiger partial charge is 0.306 e. The highest BCUT2D eigenvalue weighted by atomic mass is 16.6. The minimum Gasteiger partial charge on any atom is -0.460 e. The molecule has 0 aromatic heterocycles. The number of hydrogen-bond donors (Lipinski definition) is 2. The van der Waals surface area contributed by atoms with Crippen molar-refractivity contribution in [3.05, 3.63) is 24.8 Å². The molecular formula is C14H24N2O3. The second-order valence-electron chi connectivity index (χ2n) is 5.32. The van der Waals surface area contributed by atoms with Gasteiger partial charge in [-0.2, -0.15) is 0 Å². The topological polar surface area (TPSA) is 81.4 Å². The molecule has 0 saturated carbocycles. The fourth-order valence-corrected chi connectivity index (χ4v) is 1.33. The summed E-state index contributed by atoms with van der Waals surface area (Å²) in [7, 11) is 0. The summed E-state index contributed by atoms with van der Waals surface area (Å²) in [6.07, 6.45) is 2.03. The monoisotopic (exact) mass is 268 g/mol. The van der Waals surface area contributed by atoms with Gasteiger partial charge in [0.2, 0.25) is 5.91 Å². The summed E-state index contributed by atoms with van der Waals surface area (Å²) in [6.45, 7) is 13.1. The molecule has 0 aliphatic carbocycles. The molecule has 0 aliphatic rings. The lowest BCUT2D eigenvalue weighted by atomic mass is 10.1. The van der Waals surface area contributed by atoms with Crippen molar-refractivity contribution in [2.45, 2.75) is 45.3 Å². The third-order valence-electron chi connectivity index (χ3n) is 2.26. The molecule has 0 heterocycles. The van der Waals surface area contributed by atoms with E-state index in [0.717, 1.165) is 5.57 Å². The second-order valence-corrected chi connectivity index (χ2v) is 5.32. The van der Waals surface area contributed by atoms with Gasteiger partial charge in [-0.05, 0) is 32.8 Å². The van der Waals surface area contributed by atoms with E-state index in [1.54, 1.807) is 26.8 Å². The van der Waals surface area contributed by atoms with Crippen LogP contribution in [0.1, 0.15) is 33.6 Å². The molecule has 5 heteroatoms. The third kappa shape index (κ3) is 9.02. The number of esters is 1. The molecule has 0 aromatic rings. The number of ether oxygens (including phenoxy) is 1. The first-order valence-electron chi connectivity index (χ1n) is 6.20. The van der Waals surface area contributed by atoms with Crippen molar-refractivity contribution < 1.29 is 14.3 Å². The van der Waals surface area contributed by atoms with Gasteiger partial charge < -0.3 is 15.8 Å². The zero-order valence-electron chi connectivity index (χ0n) is 12.0. The first-order valence-corrected chi connectivity index (χ1v) is 6.20. The molecule has 108 valence electrons. The number of amides is 1. The Morgan fingerprint density at radius 3 is 2.42 bits per heavy atom. The van der Waals surface area contributed by atoms with E-state index in [1.165, 1.54) is 0 Å². The van der Waals surface area contributed by atoms with Crippen LogP contribution in [0.25, 0.3) is 0 Å². The summed E-state index contributed by atoms with van der Waals surface area (Å²) in [6, 6.07) is -0.579. The van der Waals surface area contributed by atoms with Gasteiger partial charge in [-0.15, -0.1) is 0 Å². The number of nitrogens with two attached hydrogens (primary N) is 1. The minimum absolute atomic E-state index is 0.137. The van der Waals surface area contributed by atoms with Gasteiger partial charge in [0.15, 0.2) is 0 Å². The molecular weight excluding hydrogens is 244 g/mol. The normalized spacial score (nSPS) is 12.6. The summed E-state index contributed by atoms with van der Waals surface area (Å²) >= 11 is 0. The molecule has 0 aliphatic heterocycles. The van der Waals surface area contributed by atoms with Gasteiger partial charge in [-0.1, -0.05) is 19.2 Å². The van der Waals surface area contributed by atoms with Crippen molar-refractivity contribution in [1.82, 2.24) is 5.32 Å². The van der Waals surface area contributed by atoms with E-state index in [2.05, 4.69) is 18.5 Å². The molecule has 1 unspecified atom stereocenters. The Hall–Kier alpha value is -1.62. The van der Waals surface area contributed by atoms with E-state index in [9.17, 15) is 9.59 Å². The van der Waals surface area contributed by atoms with Gasteiger partial charge in [0.05, 0.1) is 6.04 Å². The summed E-state index contributed by atoms with van der Waals surface area (Å²) in [5.41, 5.74) is 5.50. The van der Waals surface area contributed by atoms with Crippen LogP contribution >= 0.6 is 0 Å². The Kier molecular flexibility index (Phi) is 7.08. The van der Waals surface area contributed by atoms with Crippen LogP contribution in [0.3, 0.4) is 0 Å². The van der Waals surface area contributed by atoms with E-state index in [-0.39, 0.29) is 12.4 Å². The van der Waals surface area contributed by atoms with Crippen LogP contribution in [-0.4, -0.2) is 30.1 Å². The largest absolute Gasteiger partial charge is 0.460 e. The average molecular weight is 268 g/mol. The fourth-order valence-electron chi connectivity index (χ4n) is 1.33. The van der Waals surface area contributed by atoms with Crippen molar-refractivity contribution >= 4 is 11.9 Å². The number of primary amides is 1. The van der Waals surface area contributed by atoms with E-state index in [0.29, 0.717) is 13.0 Å². The lowest BCUT2D eigenvalue weighted by molar-refractivity contribution is -0.155. The standard InChI is InChI=1S/C14H24N2O3/c1-6-10(2)9-16-11(13(15)18)7-8-12(17)19-14(3,4)5/h6,11,16H,1-2,7-9H2,3-5H3,(H2,15,18). The molecule has 0 bridgehead atoms. The van der Waals surface area contributed by atoms with Crippen LogP contribution in [0.4, 0.5) is 0 Å². The third-order valence-corrected chi connectivity index (χ3v) is 2.26. The Bertz CT molecular complexity index is 356. The molecule has 1 atom stereocenters. The van der Waals surface area contributed by atoms with E-state index in [1.807, 2.05) is 0 Å². The SMILES string of the molecule is C=CC(=C)CNC(CCC(=O)OC(C)(C)C)C(N)=O. The molecule has 3 N–H and O–H groups in total. The zero-order chi connectivity index (χ0) is 15.1. The van der Waals surface area contributed by atoms with Gasteiger partial charge in [-0.3, -0.25) is 9.59 Å². The number of hydrogen-bond acceptors (Lipinski definition) is 4. The average Bonchev–Trinajstić information content (AvgIpc) is 2.25. The van der Waals surface area contributed by atoms with E-state index < -0.39 is 17.6 Å². The summed E-state index contributed by atoms with van der Waals surface area (Å²) < 4.78 is 5.16. The molecule has 0 rings (SSSR count). The predicted molar refractivity (Wildman–Crippen MR) is 75.4 cm³/mol. The fraction of sp³-hybridized carbons (Fsp3) is 0.571.